The van der Waals surface area contributed by atoms with Gasteiger partial charge in [-0.15, -0.1) is 0 Å². The summed E-state index contributed by atoms with van der Waals surface area (Å²) in [6.07, 6.45) is 7.03. The van der Waals surface area contributed by atoms with E-state index in [0.717, 1.165) is 0 Å². The molecule has 1 aliphatic rings. The van der Waals surface area contributed by atoms with Gasteiger partial charge in [-0.1, -0.05) is 12.1 Å². The number of para-hydroxylation sites is 1. The first-order chi connectivity index (χ1) is 11.9. The van der Waals surface area contributed by atoms with Crippen LogP contribution in [0.25, 0.3) is 27.6 Å². The molecule has 0 unspecified atom stereocenters. The highest BCUT2D eigenvalue weighted by Gasteiger charge is 2.38. The Bertz CT molecular complexity index is 1200. The van der Waals surface area contributed by atoms with Gasteiger partial charge in [-0.05, 0) is 67.8 Å². The summed E-state index contributed by atoms with van der Waals surface area (Å²) >= 11 is 0. The maximum atomic E-state index is 2.52. The van der Waals surface area contributed by atoms with Gasteiger partial charge < -0.3 is 0 Å². The summed E-state index contributed by atoms with van der Waals surface area (Å²) in [4.78, 5) is 2.97. The largest absolute Gasteiger partial charge is 0.299 e. The van der Waals surface area contributed by atoms with Crippen LogP contribution in [0.1, 0.15) is 11.1 Å². The number of hydrogen-bond donors (Lipinski definition) is 0. The minimum Gasteiger partial charge on any atom is -0.236 e. The molecule has 25 heavy (non-hydrogen) atoms. The van der Waals surface area contributed by atoms with Crippen LogP contribution in [-0.4, -0.2) is 17.1 Å². The molecule has 0 amide bonds. The zero-order valence-electron chi connectivity index (χ0n) is 15.4. The minimum absolute atomic E-state index is 1.04. The van der Waals surface area contributed by atoms with Crippen molar-refractivity contribution in [2.45, 2.75) is 23.6 Å². The standard InChI is InChI=1S/C22H23N2S/c1-14-11-12-17-16-8-6-9-18-21(16)24(20(17)15(14)2)22-19(25(18,4)5)10-7-13-23(22)3/h6-13H,1-5H3/q+1. The third kappa shape index (κ3) is 1.69. The van der Waals surface area contributed by atoms with E-state index >= 15 is 0 Å². The van der Waals surface area contributed by atoms with E-state index in [2.05, 4.69) is 91.2 Å². The Kier molecular flexibility index (Phi) is 2.81. The molecule has 0 radical (unpaired) electrons. The molecule has 126 valence electrons. The number of rotatable bonds is 0. The van der Waals surface area contributed by atoms with Crippen LogP contribution in [-0.2, 0) is 7.05 Å². The predicted molar refractivity (Wildman–Crippen MR) is 107 cm³/mol. The second-order valence-electron chi connectivity index (χ2n) is 7.53. The quantitative estimate of drug-likeness (QED) is 0.395. The highest BCUT2D eigenvalue weighted by Crippen LogP contribution is 2.63. The molecular weight excluding hydrogens is 324 g/mol. The molecule has 2 aromatic carbocycles. The summed E-state index contributed by atoms with van der Waals surface area (Å²) in [6, 6.07) is 15.9. The summed E-state index contributed by atoms with van der Waals surface area (Å²) in [6.45, 7) is 4.47. The monoisotopic (exact) mass is 347 g/mol. The fourth-order valence-electron chi connectivity index (χ4n) is 4.38. The second kappa shape index (κ2) is 4.67. The molecule has 0 saturated heterocycles. The average Bonchev–Trinajstić information content (AvgIpc) is 2.92. The minimum atomic E-state index is -1.04. The van der Waals surface area contributed by atoms with E-state index in [1.54, 1.807) is 0 Å². The van der Waals surface area contributed by atoms with Gasteiger partial charge in [0.2, 0.25) is 0 Å². The molecular formula is C22H23N2S+. The van der Waals surface area contributed by atoms with E-state index in [9.17, 15) is 0 Å². The fraction of sp³-hybridized carbons (Fsp3) is 0.227. The van der Waals surface area contributed by atoms with Crippen LogP contribution in [0.2, 0.25) is 0 Å². The smallest absolute Gasteiger partial charge is 0.236 e. The van der Waals surface area contributed by atoms with Crippen molar-refractivity contribution in [1.29, 1.82) is 0 Å². The summed E-state index contributed by atoms with van der Waals surface area (Å²) in [5, 5.41) is 2.75. The zero-order chi connectivity index (χ0) is 17.5. The SMILES string of the molecule is Cc1ccc2c3cccc4c3n(c2c1C)-c1c(ccc[n+]1C)S4(C)C. The fourth-order valence-corrected chi connectivity index (χ4v) is 6.83. The molecule has 2 aromatic heterocycles. The Morgan fingerprint density at radius 3 is 2.36 bits per heavy atom. The van der Waals surface area contributed by atoms with Gasteiger partial charge in [0.15, 0.2) is 5.52 Å². The van der Waals surface area contributed by atoms with Gasteiger partial charge in [0.05, 0.1) is 18.1 Å². The average molecular weight is 348 g/mol. The maximum Gasteiger partial charge on any atom is 0.299 e. The van der Waals surface area contributed by atoms with Crippen LogP contribution in [0.3, 0.4) is 0 Å². The number of nitrogens with zero attached hydrogens (tertiary/aromatic N) is 2. The first-order valence-corrected chi connectivity index (χ1v) is 11.1. The van der Waals surface area contributed by atoms with Crippen molar-refractivity contribution in [1.82, 2.24) is 4.57 Å². The molecule has 0 bridgehead atoms. The lowest BCUT2D eigenvalue weighted by atomic mass is 10.1. The van der Waals surface area contributed by atoms with Crippen LogP contribution in [0.5, 0.6) is 0 Å². The van der Waals surface area contributed by atoms with Crippen LogP contribution in [0.15, 0.2) is 58.5 Å². The molecule has 3 heterocycles. The molecule has 0 spiro atoms. The van der Waals surface area contributed by atoms with Gasteiger partial charge in [-0.2, -0.15) is 14.6 Å². The van der Waals surface area contributed by atoms with Gasteiger partial charge in [0.1, 0.15) is 5.52 Å². The molecule has 4 aromatic rings. The Morgan fingerprint density at radius 1 is 0.840 bits per heavy atom. The topological polar surface area (TPSA) is 8.81 Å². The second-order valence-corrected chi connectivity index (χ2v) is 11.1. The summed E-state index contributed by atoms with van der Waals surface area (Å²) < 4.78 is 4.82. The number of fused-ring (bicyclic) bond motifs is 5. The number of aromatic nitrogens is 2. The number of hydrogen-bond acceptors (Lipinski definition) is 0. The molecule has 0 fully saturated rings. The molecule has 3 heteroatoms. The van der Waals surface area contributed by atoms with E-state index in [4.69, 9.17) is 0 Å². The van der Waals surface area contributed by atoms with Gasteiger partial charge in [0, 0.05) is 15.7 Å². The van der Waals surface area contributed by atoms with Crippen LogP contribution in [0, 0.1) is 13.8 Å². The normalized spacial score (nSPS) is 16.2. The van der Waals surface area contributed by atoms with Crippen LogP contribution >= 0.6 is 10.0 Å². The molecule has 2 nitrogen and oxygen atoms in total. The third-order valence-electron chi connectivity index (χ3n) is 5.86. The Balaban J connectivity index is 2.18. The zero-order valence-corrected chi connectivity index (χ0v) is 16.2. The van der Waals surface area contributed by atoms with Crippen molar-refractivity contribution in [2.75, 3.05) is 12.5 Å². The highest BCUT2D eigenvalue weighted by molar-refractivity contribution is 8.33. The van der Waals surface area contributed by atoms with Crippen molar-refractivity contribution >= 4 is 31.8 Å². The van der Waals surface area contributed by atoms with E-state index in [0.29, 0.717) is 0 Å². The van der Waals surface area contributed by atoms with Crippen molar-refractivity contribution in [3.63, 3.8) is 0 Å². The highest BCUT2D eigenvalue weighted by atomic mass is 32.3. The Morgan fingerprint density at radius 2 is 1.56 bits per heavy atom. The first kappa shape index (κ1) is 15.0. The van der Waals surface area contributed by atoms with Gasteiger partial charge in [0.25, 0.3) is 5.82 Å². The molecule has 0 aliphatic carbocycles. The van der Waals surface area contributed by atoms with Gasteiger partial charge in [-0.25, -0.2) is 4.57 Å². The number of pyridine rings is 1. The van der Waals surface area contributed by atoms with Crippen molar-refractivity contribution in [2.24, 2.45) is 7.05 Å². The molecule has 0 atom stereocenters. The van der Waals surface area contributed by atoms with Crippen LogP contribution < -0.4 is 4.57 Å². The van der Waals surface area contributed by atoms with E-state index in [1.807, 2.05) is 0 Å². The molecule has 0 saturated carbocycles. The Labute approximate surface area is 150 Å². The summed E-state index contributed by atoms with van der Waals surface area (Å²) in [5.41, 5.74) is 5.50. The van der Waals surface area contributed by atoms with E-state index in [-0.39, 0.29) is 0 Å². The van der Waals surface area contributed by atoms with Gasteiger partial charge in [-0.3, -0.25) is 0 Å². The number of benzene rings is 2. The maximum absolute atomic E-state index is 2.52. The van der Waals surface area contributed by atoms with Crippen molar-refractivity contribution in [3.8, 4) is 5.82 Å². The lowest BCUT2D eigenvalue weighted by molar-refractivity contribution is -0.667. The van der Waals surface area contributed by atoms with Crippen LogP contribution in [0.4, 0.5) is 0 Å². The predicted octanol–water partition coefficient (Wildman–Crippen LogP) is 5.02. The lowest BCUT2D eigenvalue weighted by Gasteiger charge is -2.35. The molecule has 1 aliphatic heterocycles. The van der Waals surface area contributed by atoms with Crippen molar-refractivity contribution < 1.29 is 4.57 Å². The first-order valence-electron chi connectivity index (χ1n) is 8.68. The van der Waals surface area contributed by atoms with E-state index in [1.165, 1.54) is 48.5 Å². The lowest BCUT2D eigenvalue weighted by Crippen LogP contribution is -2.36. The van der Waals surface area contributed by atoms with Crippen molar-refractivity contribution in [3.05, 3.63) is 59.8 Å². The van der Waals surface area contributed by atoms with Gasteiger partial charge >= 0.3 is 0 Å². The third-order valence-corrected chi connectivity index (χ3v) is 8.71. The Hall–Kier alpha value is -2.26. The molecule has 0 N–H and O–H groups in total. The number of aryl methyl sites for hydroxylation is 3. The van der Waals surface area contributed by atoms with E-state index < -0.39 is 10.0 Å². The summed E-state index contributed by atoms with van der Waals surface area (Å²) in [7, 11) is 1.13. The summed E-state index contributed by atoms with van der Waals surface area (Å²) in [5.74, 6) is 1.33. The molecule has 5 rings (SSSR count).